The fraction of sp³-hybridized carbons (Fsp3) is 0.0556. The summed E-state index contributed by atoms with van der Waals surface area (Å²) >= 11 is 0. The van der Waals surface area contributed by atoms with Crippen molar-refractivity contribution in [2.75, 3.05) is 7.11 Å². The van der Waals surface area contributed by atoms with E-state index >= 15 is 0 Å². The number of ether oxygens (including phenoxy) is 1. The molecule has 0 atom stereocenters. The van der Waals surface area contributed by atoms with Crippen LogP contribution in [-0.4, -0.2) is 18.2 Å². The predicted octanol–water partition coefficient (Wildman–Crippen LogP) is 2.15. The fourth-order valence-electron chi connectivity index (χ4n) is 2.21. The predicted molar refractivity (Wildman–Crippen MR) is 87.2 cm³/mol. The minimum absolute atomic E-state index is 0.0917. The Kier molecular flexibility index (Phi) is 4.38. The minimum atomic E-state index is -0.719. The third-order valence-electron chi connectivity index (χ3n) is 3.44. The lowest BCUT2D eigenvalue weighted by molar-refractivity contribution is -0.672. The molecule has 1 aromatic heterocycles. The quantitative estimate of drug-likeness (QED) is 0.443. The van der Waals surface area contributed by atoms with E-state index < -0.39 is 11.4 Å². The summed E-state index contributed by atoms with van der Waals surface area (Å²) in [6, 6.07) is 16.2. The van der Waals surface area contributed by atoms with Gasteiger partial charge in [-0.3, -0.25) is 9.32 Å². The number of rotatable bonds is 5. The molecular weight excluding hydrogens is 308 g/mol. The number of nitrogens with zero attached hydrogens (tertiary/aromatic N) is 1. The highest BCUT2D eigenvalue weighted by Crippen LogP contribution is 2.12. The van der Waals surface area contributed by atoms with Crippen molar-refractivity contribution in [3.8, 4) is 11.4 Å². The Balaban J connectivity index is 1.89. The maximum atomic E-state index is 12.4. The number of hydrogen-bond donors (Lipinski definition) is 1. The van der Waals surface area contributed by atoms with Crippen LogP contribution in [0.2, 0.25) is 0 Å². The molecule has 0 saturated heterocycles. The molecule has 0 unspecified atom stereocenters. The van der Waals surface area contributed by atoms with Gasteiger partial charge in [-0.2, -0.15) is 0 Å². The molecule has 0 saturated carbocycles. The van der Waals surface area contributed by atoms with Crippen molar-refractivity contribution in [2.24, 2.45) is 0 Å². The number of H-pyrrole nitrogens is 1. The van der Waals surface area contributed by atoms with Crippen molar-refractivity contribution in [1.82, 2.24) is 5.27 Å². The average molecular weight is 323 g/mol. The van der Waals surface area contributed by atoms with Crippen LogP contribution in [-0.2, 0) is 0 Å². The van der Waals surface area contributed by atoms with Gasteiger partial charge in [0.2, 0.25) is 5.69 Å². The normalized spacial score (nSPS) is 10.9. The molecule has 24 heavy (non-hydrogen) atoms. The van der Waals surface area contributed by atoms with Crippen LogP contribution in [0.15, 0.2) is 70.0 Å². The van der Waals surface area contributed by atoms with Gasteiger partial charge in [0.15, 0.2) is 0 Å². The molecule has 2 aromatic carbocycles. The van der Waals surface area contributed by atoms with Crippen molar-refractivity contribution in [2.45, 2.75) is 0 Å². The summed E-state index contributed by atoms with van der Waals surface area (Å²) in [5, 5.41) is 2.44. The molecule has 0 amide bonds. The molecule has 0 radical (unpaired) electrons. The van der Waals surface area contributed by atoms with E-state index in [2.05, 4.69) is 5.27 Å². The number of carbonyl (C=O) groups is 1. The van der Waals surface area contributed by atoms with Crippen LogP contribution >= 0.6 is 0 Å². The number of aromatic nitrogens is 2. The molecule has 120 valence electrons. The van der Waals surface area contributed by atoms with E-state index in [1.54, 1.807) is 49.6 Å². The number of aromatic amines is 1. The van der Waals surface area contributed by atoms with Gasteiger partial charge in [-0.15, -0.1) is 0 Å². The molecule has 0 aliphatic rings. The van der Waals surface area contributed by atoms with Gasteiger partial charge in [-0.25, -0.2) is 4.79 Å². The Bertz CT molecular complexity index is 922. The standard InChI is InChI=1S/C18H14N2O4/c1-23-15-10-7-13(8-11-15)9-12-16(21)17-18(22)24-19-20(17)14-5-3-2-4-6-14/h2-12H,1H3/p+1/b12-9+. The second-order valence-electron chi connectivity index (χ2n) is 4.97. The Hall–Kier alpha value is -3.41. The minimum Gasteiger partial charge on any atom is -0.497 e. The summed E-state index contributed by atoms with van der Waals surface area (Å²) in [6.07, 6.45) is 2.96. The molecule has 6 nitrogen and oxygen atoms in total. The van der Waals surface area contributed by atoms with Crippen molar-refractivity contribution in [3.05, 3.63) is 82.4 Å². The second kappa shape index (κ2) is 6.78. The highest BCUT2D eigenvalue weighted by atomic mass is 16.5. The largest absolute Gasteiger partial charge is 0.497 e. The summed E-state index contributed by atoms with van der Waals surface area (Å²) in [5.41, 5.74) is 0.633. The molecule has 0 aliphatic carbocycles. The van der Waals surface area contributed by atoms with Crippen LogP contribution in [0, 0.1) is 0 Å². The Morgan fingerprint density at radius 3 is 2.50 bits per heavy atom. The Labute approximate surface area is 137 Å². The molecule has 0 aliphatic heterocycles. The maximum absolute atomic E-state index is 12.4. The van der Waals surface area contributed by atoms with Gasteiger partial charge in [0.05, 0.1) is 7.11 Å². The van der Waals surface area contributed by atoms with E-state index in [-0.39, 0.29) is 5.69 Å². The Morgan fingerprint density at radius 2 is 1.83 bits per heavy atom. The number of ketones is 1. The SMILES string of the molecule is COc1ccc(/C=C/C(=O)c2c(=O)o[nH][n+]2-c2ccccc2)cc1. The number of allylic oxidation sites excluding steroid dienone is 1. The van der Waals surface area contributed by atoms with Crippen molar-refractivity contribution in [1.29, 1.82) is 0 Å². The summed E-state index contributed by atoms with van der Waals surface area (Å²) in [7, 11) is 1.59. The smallest absolute Gasteiger partial charge is 0.439 e. The van der Waals surface area contributed by atoms with Gasteiger partial charge >= 0.3 is 11.3 Å². The number of benzene rings is 2. The monoisotopic (exact) mass is 323 g/mol. The van der Waals surface area contributed by atoms with Gasteiger partial charge in [0, 0.05) is 12.1 Å². The van der Waals surface area contributed by atoms with E-state index in [0.717, 1.165) is 11.3 Å². The van der Waals surface area contributed by atoms with Crippen molar-refractivity contribution < 1.29 is 18.7 Å². The zero-order valence-electron chi connectivity index (χ0n) is 12.9. The van der Waals surface area contributed by atoms with E-state index in [9.17, 15) is 9.59 Å². The molecule has 1 N–H and O–H groups in total. The number of nitrogens with one attached hydrogen (secondary N) is 1. The first-order valence-corrected chi connectivity index (χ1v) is 7.24. The number of methoxy groups -OCH3 is 1. The first-order valence-electron chi connectivity index (χ1n) is 7.24. The number of para-hydroxylation sites is 1. The number of carbonyl (C=O) groups excluding carboxylic acids is 1. The lowest BCUT2D eigenvalue weighted by Crippen LogP contribution is -2.40. The summed E-state index contributed by atoms with van der Waals surface area (Å²) in [6.45, 7) is 0. The molecular formula is C18H15N2O4+. The highest BCUT2D eigenvalue weighted by Gasteiger charge is 2.28. The van der Waals surface area contributed by atoms with Crippen LogP contribution in [0.5, 0.6) is 5.75 Å². The van der Waals surface area contributed by atoms with Gasteiger partial charge < -0.3 is 4.74 Å². The third-order valence-corrected chi connectivity index (χ3v) is 3.44. The molecule has 0 spiro atoms. The molecule has 1 heterocycles. The molecule has 6 heteroatoms. The maximum Gasteiger partial charge on any atom is 0.439 e. The number of hydrogen-bond acceptors (Lipinski definition) is 4. The van der Waals surface area contributed by atoms with Crippen LogP contribution in [0.1, 0.15) is 16.1 Å². The van der Waals surface area contributed by atoms with Crippen LogP contribution in [0.25, 0.3) is 11.8 Å². The zero-order chi connectivity index (χ0) is 16.9. The lowest BCUT2D eigenvalue weighted by Gasteiger charge is -1.98. The van der Waals surface area contributed by atoms with E-state index in [0.29, 0.717) is 5.69 Å². The van der Waals surface area contributed by atoms with Crippen molar-refractivity contribution >= 4 is 11.9 Å². The van der Waals surface area contributed by atoms with E-state index in [4.69, 9.17) is 9.26 Å². The average Bonchev–Trinajstić information content (AvgIpc) is 3.02. The van der Waals surface area contributed by atoms with Gasteiger partial charge in [0.1, 0.15) is 5.75 Å². The molecule has 0 fully saturated rings. The molecule has 0 bridgehead atoms. The third kappa shape index (κ3) is 3.17. The lowest BCUT2D eigenvalue weighted by atomic mass is 10.1. The highest BCUT2D eigenvalue weighted by molar-refractivity contribution is 6.04. The van der Waals surface area contributed by atoms with Crippen LogP contribution in [0.4, 0.5) is 0 Å². The van der Waals surface area contributed by atoms with E-state index in [1.807, 2.05) is 18.2 Å². The zero-order valence-corrected chi connectivity index (χ0v) is 12.9. The summed E-state index contributed by atoms with van der Waals surface area (Å²) in [5.74, 6) is 0.274. The summed E-state index contributed by atoms with van der Waals surface area (Å²) in [4.78, 5) is 24.3. The fourth-order valence-corrected chi connectivity index (χ4v) is 2.21. The topological polar surface area (TPSA) is 76.2 Å². The van der Waals surface area contributed by atoms with Gasteiger partial charge in [0.25, 0.3) is 5.78 Å². The van der Waals surface area contributed by atoms with Crippen molar-refractivity contribution in [3.63, 3.8) is 0 Å². The Morgan fingerprint density at radius 1 is 1.12 bits per heavy atom. The summed E-state index contributed by atoms with van der Waals surface area (Å²) < 4.78 is 11.2. The van der Waals surface area contributed by atoms with Gasteiger partial charge in [-0.05, 0) is 33.7 Å². The second-order valence-corrected chi connectivity index (χ2v) is 4.97. The first-order chi connectivity index (χ1) is 11.7. The van der Waals surface area contributed by atoms with Crippen LogP contribution in [0.3, 0.4) is 0 Å². The first kappa shape index (κ1) is 15.5. The van der Waals surface area contributed by atoms with E-state index in [1.165, 1.54) is 10.8 Å². The van der Waals surface area contributed by atoms with Crippen LogP contribution < -0.4 is 15.0 Å². The van der Waals surface area contributed by atoms with Gasteiger partial charge in [-0.1, -0.05) is 36.4 Å². The molecule has 3 rings (SSSR count). The molecule has 3 aromatic rings.